The number of benzene rings is 2. The molecule has 0 radical (unpaired) electrons. The molecule has 3 N–H and O–H groups in total. The fourth-order valence-electron chi connectivity index (χ4n) is 1.81. The zero-order chi connectivity index (χ0) is 15.2. The van der Waals surface area contributed by atoms with Crippen LogP contribution in [0, 0.1) is 0 Å². The van der Waals surface area contributed by atoms with Gasteiger partial charge in [-0.15, -0.1) is 0 Å². The molecule has 2 aromatic carbocycles. The van der Waals surface area contributed by atoms with Gasteiger partial charge in [0, 0.05) is 11.4 Å². The maximum atomic E-state index is 12.1. The summed E-state index contributed by atoms with van der Waals surface area (Å²) in [5.74, 6) is 0.335. The Morgan fingerprint density at radius 2 is 2.05 bits per heavy atom. The van der Waals surface area contributed by atoms with Crippen LogP contribution in [-0.4, -0.2) is 12.5 Å². The summed E-state index contributed by atoms with van der Waals surface area (Å²) in [6.07, 6.45) is 0.905. The third-order valence-corrected chi connectivity index (χ3v) is 3.15. The van der Waals surface area contributed by atoms with E-state index in [0.29, 0.717) is 34.3 Å². The third kappa shape index (κ3) is 3.89. The lowest BCUT2D eigenvalue weighted by molar-refractivity contribution is 0.102. The average Bonchev–Trinajstić information content (AvgIpc) is 2.47. The smallest absolute Gasteiger partial charge is 0.257 e. The van der Waals surface area contributed by atoms with Gasteiger partial charge in [-0.25, -0.2) is 0 Å². The van der Waals surface area contributed by atoms with Crippen LogP contribution in [0.3, 0.4) is 0 Å². The Labute approximate surface area is 128 Å². The zero-order valence-corrected chi connectivity index (χ0v) is 12.5. The highest BCUT2D eigenvalue weighted by atomic mass is 35.5. The summed E-state index contributed by atoms with van der Waals surface area (Å²) >= 11 is 6.12. The number of ether oxygens (including phenoxy) is 1. The number of nitrogen functional groups attached to an aromatic ring is 1. The van der Waals surface area contributed by atoms with Crippen molar-refractivity contribution in [1.29, 1.82) is 0 Å². The molecule has 0 spiro atoms. The Morgan fingerprint density at radius 1 is 1.29 bits per heavy atom. The van der Waals surface area contributed by atoms with Crippen molar-refractivity contribution in [3.05, 3.63) is 53.1 Å². The average molecular weight is 305 g/mol. The van der Waals surface area contributed by atoms with Gasteiger partial charge < -0.3 is 15.8 Å². The van der Waals surface area contributed by atoms with Crippen molar-refractivity contribution in [2.75, 3.05) is 17.7 Å². The van der Waals surface area contributed by atoms with Gasteiger partial charge in [-0.2, -0.15) is 0 Å². The van der Waals surface area contributed by atoms with Gasteiger partial charge in [0.2, 0.25) is 0 Å². The molecule has 0 bridgehead atoms. The molecule has 0 atom stereocenters. The first-order valence-corrected chi connectivity index (χ1v) is 7.08. The number of nitrogens with one attached hydrogen (secondary N) is 1. The summed E-state index contributed by atoms with van der Waals surface area (Å²) in [5.41, 5.74) is 7.24. The zero-order valence-electron chi connectivity index (χ0n) is 11.7. The van der Waals surface area contributed by atoms with Gasteiger partial charge >= 0.3 is 0 Å². The number of nitrogens with two attached hydrogens (primary N) is 1. The highest BCUT2D eigenvalue weighted by Crippen LogP contribution is 2.28. The minimum absolute atomic E-state index is 0.272. The summed E-state index contributed by atoms with van der Waals surface area (Å²) < 4.78 is 5.49. The molecule has 0 aromatic heterocycles. The highest BCUT2D eigenvalue weighted by Gasteiger charge is 2.10. The monoisotopic (exact) mass is 304 g/mol. The minimum atomic E-state index is -0.272. The number of para-hydroxylation sites is 1. The van der Waals surface area contributed by atoms with Crippen molar-refractivity contribution in [2.45, 2.75) is 13.3 Å². The van der Waals surface area contributed by atoms with E-state index < -0.39 is 0 Å². The first kappa shape index (κ1) is 15.2. The Morgan fingerprint density at radius 3 is 2.71 bits per heavy atom. The van der Waals surface area contributed by atoms with Crippen LogP contribution in [0.2, 0.25) is 5.02 Å². The summed E-state index contributed by atoms with van der Waals surface area (Å²) in [6.45, 7) is 2.62. The Bertz CT molecular complexity index is 644. The van der Waals surface area contributed by atoms with Crippen molar-refractivity contribution >= 4 is 28.9 Å². The number of halogens is 1. The lowest BCUT2D eigenvalue weighted by atomic mass is 10.1. The SMILES string of the molecule is CCCOc1ccc(NC(=O)c2ccccc2N)cc1Cl. The molecule has 2 aromatic rings. The Hall–Kier alpha value is -2.20. The number of anilines is 2. The molecular formula is C16H17ClN2O2. The molecule has 0 fully saturated rings. The second kappa shape index (κ2) is 6.99. The highest BCUT2D eigenvalue weighted by molar-refractivity contribution is 6.32. The Kier molecular flexibility index (Phi) is 5.06. The van der Waals surface area contributed by atoms with E-state index in [-0.39, 0.29) is 5.91 Å². The quantitative estimate of drug-likeness (QED) is 0.822. The molecule has 0 aliphatic heterocycles. The number of amides is 1. The van der Waals surface area contributed by atoms with Crippen LogP contribution >= 0.6 is 11.6 Å². The topological polar surface area (TPSA) is 64.3 Å². The third-order valence-electron chi connectivity index (χ3n) is 2.86. The Balaban J connectivity index is 2.11. The maximum Gasteiger partial charge on any atom is 0.257 e. The summed E-state index contributed by atoms with van der Waals surface area (Å²) in [5, 5.41) is 3.22. The molecule has 2 rings (SSSR count). The second-order valence-electron chi connectivity index (χ2n) is 4.54. The molecule has 110 valence electrons. The number of rotatable bonds is 5. The maximum absolute atomic E-state index is 12.1. The largest absolute Gasteiger partial charge is 0.492 e. The van der Waals surface area contributed by atoms with E-state index in [9.17, 15) is 4.79 Å². The van der Waals surface area contributed by atoms with E-state index in [1.165, 1.54) is 0 Å². The fourth-order valence-corrected chi connectivity index (χ4v) is 2.04. The van der Waals surface area contributed by atoms with E-state index in [1.807, 2.05) is 6.92 Å². The van der Waals surface area contributed by atoms with Crippen LogP contribution in [0.1, 0.15) is 23.7 Å². The predicted molar refractivity (Wildman–Crippen MR) is 86.0 cm³/mol. The molecular weight excluding hydrogens is 288 g/mol. The van der Waals surface area contributed by atoms with Crippen LogP contribution in [0.25, 0.3) is 0 Å². The normalized spacial score (nSPS) is 10.2. The van der Waals surface area contributed by atoms with Crippen molar-refractivity contribution in [2.24, 2.45) is 0 Å². The van der Waals surface area contributed by atoms with Crippen LogP contribution in [-0.2, 0) is 0 Å². The molecule has 4 nitrogen and oxygen atoms in total. The number of carbonyl (C=O) groups is 1. The summed E-state index contributed by atoms with van der Waals surface area (Å²) in [6, 6.07) is 12.0. The van der Waals surface area contributed by atoms with Crippen LogP contribution in [0.5, 0.6) is 5.75 Å². The second-order valence-corrected chi connectivity index (χ2v) is 4.94. The first-order valence-electron chi connectivity index (χ1n) is 6.70. The lowest BCUT2D eigenvalue weighted by Gasteiger charge is -2.10. The molecule has 1 amide bonds. The van der Waals surface area contributed by atoms with Gasteiger partial charge in [0.25, 0.3) is 5.91 Å². The van der Waals surface area contributed by atoms with Crippen molar-refractivity contribution in [3.63, 3.8) is 0 Å². The van der Waals surface area contributed by atoms with Crippen molar-refractivity contribution in [3.8, 4) is 5.75 Å². The van der Waals surface area contributed by atoms with Crippen molar-refractivity contribution in [1.82, 2.24) is 0 Å². The van der Waals surface area contributed by atoms with E-state index >= 15 is 0 Å². The van der Waals surface area contributed by atoms with Gasteiger partial charge in [0.15, 0.2) is 0 Å². The molecule has 0 saturated carbocycles. The minimum Gasteiger partial charge on any atom is -0.492 e. The molecule has 0 heterocycles. The van der Waals surface area contributed by atoms with E-state index in [4.69, 9.17) is 22.1 Å². The van der Waals surface area contributed by atoms with Gasteiger partial charge in [-0.1, -0.05) is 30.7 Å². The first-order chi connectivity index (χ1) is 10.1. The molecule has 5 heteroatoms. The van der Waals surface area contributed by atoms with Gasteiger partial charge in [0.05, 0.1) is 17.2 Å². The summed E-state index contributed by atoms with van der Waals surface area (Å²) in [7, 11) is 0. The molecule has 0 unspecified atom stereocenters. The molecule has 0 aliphatic carbocycles. The van der Waals surface area contributed by atoms with Gasteiger partial charge in [0.1, 0.15) is 5.75 Å². The predicted octanol–water partition coefficient (Wildman–Crippen LogP) is 3.96. The van der Waals surface area contributed by atoms with Crippen LogP contribution < -0.4 is 15.8 Å². The molecule has 0 saturated heterocycles. The number of hydrogen-bond donors (Lipinski definition) is 2. The standard InChI is InChI=1S/C16H17ClN2O2/c1-2-9-21-15-8-7-11(10-13(15)17)19-16(20)12-5-3-4-6-14(12)18/h3-8,10H,2,9,18H2,1H3,(H,19,20). The summed E-state index contributed by atoms with van der Waals surface area (Å²) in [4.78, 5) is 12.1. The van der Waals surface area contributed by atoms with Gasteiger partial charge in [-0.05, 0) is 36.8 Å². The van der Waals surface area contributed by atoms with Crippen molar-refractivity contribution < 1.29 is 9.53 Å². The van der Waals surface area contributed by atoms with E-state index in [2.05, 4.69) is 5.32 Å². The molecule has 0 aliphatic rings. The van der Waals surface area contributed by atoms with E-state index in [1.54, 1.807) is 42.5 Å². The number of hydrogen-bond acceptors (Lipinski definition) is 3. The van der Waals surface area contributed by atoms with Crippen LogP contribution in [0.15, 0.2) is 42.5 Å². The molecule has 21 heavy (non-hydrogen) atoms. The van der Waals surface area contributed by atoms with Crippen LogP contribution in [0.4, 0.5) is 11.4 Å². The van der Waals surface area contributed by atoms with Gasteiger partial charge in [-0.3, -0.25) is 4.79 Å². The fraction of sp³-hybridized carbons (Fsp3) is 0.188. The lowest BCUT2D eigenvalue weighted by Crippen LogP contribution is -2.13. The number of carbonyl (C=O) groups excluding carboxylic acids is 1. The van der Waals surface area contributed by atoms with E-state index in [0.717, 1.165) is 6.42 Å².